The first kappa shape index (κ1) is 21.7. The van der Waals surface area contributed by atoms with Gasteiger partial charge >= 0.3 is 5.97 Å². The van der Waals surface area contributed by atoms with Gasteiger partial charge in [-0.3, -0.25) is 9.69 Å². The Kier molecular flexibility index (Phi) is 5.18. The molecule has 3 heterocycles. The van der Waals surface area contributed by atoms with Crippen molar-refractivity contribution in [3.05, 3.63) is 24.3 Å². The molecule has 33 heavy (non-hydrogen) atoms. The molecule has 0 N–H and O–H groups in total. The predicted molar refractivity (Wildman–Crippen MR) is 126 cm³/mol. The number of nitrogens with zero attached hydrogens (tertiary/aromatic N) is 2. The quantitative estimate of drug-likeness (QED) is 0.510. The van der Waals surface area contributed by atoms with Gasteiger partial charge in [-0.2, -0.15) is 0 Å². The third-order valence-electron chi connectivity index (χ3n) is 9.63. The minimum atomic E-state index is 0.00726. The standard InChI is InChI=1S/C27H38N2O4/c1-18-15-28(10-11-29(18)19-6-4-7-20(12-19)31-3)16-22-21-13-24-26(2,14-23(21)33-25(22)30)8-5-9-27(24)17-32-27/h4,6-7,12,18,21-24H,5,8-11,13-17H2,1-3H3/t18-,21+,22-,23+,24+,26+,27-/m0/s1. The van der Waals surface area contributed by atoms with Crippen molar-refractivity contribution >= 4 is 11.7 Å². The van der Waals surface area contributed by atoms with Crippen LogP contribution < -0.4 is 9.64 Å². The van der Waals surface area contributed by atoms with E-state index in [1.165, 1.54) is 24.9 Å². The summed E-state index contributed by atoms with van der Waals surface area (Å²) in [4.78, 5) is 18.0. The number of esters is 1. The number of epoxide rings is 1. The van der Waals surface area contributed by atoms with Gasteiger partial charge in [-0.1, -0.05) is 13.0 Å². The summed E-state index contributed by atoms with van der Waals surface area (Å²) in [5.74, 6) is 1.88. The van der Waals surface area contributed by atoms with Gasteiger partial charge in [-0.25, -0.2) is 0 Å². The van der Waals surface area contributed by atoms with Gasteiger partial charge in [0.2, 0.25) is 0 Å². The molecule has 3 saturated heterocycles. The maximum atomic E-state index is 13.0. The highest BCUT2D eigenvalue weighted by molar-refractivity contribution is 5.75. The highest BCUT2D eigenvalue weighted by Gasteiger charge is 2.65. The number of methoxy groups -OCH3 is 1. The SMILES string of the molecule is COc1cccc(N2CCN(C[C@@H]3C(=O)O[C@@H]4C[C@@]5(C)CCC[C@]6(CO6)[C@@H]5C[C@H]34)C[C@@H]2C)c1. The second-order valence-corrected chi connectivity index (χ2v) is 11.6. The Morgan fingerprint density at radius 2 is 2.09 bits per heavy atom. The molecule has 6 rings (SSSR count). The molecule has 0 radical (unpaired) electrons. The highest BCUT2D eigenvalue weighted by atomic mass is 16.6. The first-order valence-electron chi connectivity index (χ1n) is 12.9. The molecule has 1 aromatic carbocycles. The van der Waals surface area contributed by atoms with E-state index in [1.54, 1.807) is 7.11 Å². The monoisotopic (exact) mass is 454 g/mol. The van der Waals surface area contributed by atoms with Crippen molar-refractivity contribution in [3.8, 4) is 5.75 Å². The number of ether oxygens (including phenoxy) is 3. The lowest BCUT2D eigenvalue weighted by Gasteiger charge is -2.51. The zero-order chi connectivity index (χ0) is 22.8. The van der Waals surface area contributed by atoms with Gasteiger partial charge in [-0.05, 0) is 62.5 Å². The molecule has 5 aliphatic rings. The molecular formula is C27H38N2O4. The maximum absolute atomic E-state index is 13.0. The van der Waals surface area contributed by atoms with Gasteiger partial charge in [-0.15, -0.1) is 0 Å². The fourth-order valence-corrected chi connectivity index (χ4v) is 7.82. The van der Waals surface area contributed by atoms with Gasteiger partial charge in [0.05, 0.1) is 25.2 Å². The van der Waals surface area contributed by atoms with E-state index in [1.807, 2.05) is 6.07 Å². The third kappa shape index (κ3) is 3.65. The second-order valence-electron chi connectivity index (χ2n) is 11.6. The van der Waals surface area contributed by atoms with Crippen molar-refractivity contribution in [1.82, 2.24) is 4.90 Å². The molecule has 0 unspecified atom stereocenters. The summed E-state index contributed by atoms with van der Waals surface area (Å²) in [6.07, 6.45) is 5.92. The molecule has 6 heteroatoms. The smallest absolute Gasteiger partial charge is 0.310 e. The van der Waals surface area contributed by atoms with Gasteiger partial charge in [0.1, 0.15) is 11.9 Å². The van der Waals surface area contributed by atoms with E-state index in [9.17, 15) is 4.79 Å². The maximum Gasteiger partial charge on any atom is 0.310 e. The summed E-state index contributed by atoms with van der Waals surface area (Å²) >= 11 is 0. The number of benzene rings is 1. The fourth-order valence-electron chi connectivity index (χ4n) is 7.82. The lowest BCUT2D eigenvalue weighted by molar-refractivity contribution is -0.147. The summed E-state index contributed by atoms with van der Waals surface area (Å²) in [6, 6.07) is 8.71. The number of fused-ring (bicyclic) bond motifs is 3. The lowest BCUT2D eigenvalue weighted by atomic mass is 9.53. The van der Waals surface area contributed by atoms with Crippen molar-refractivity contribution < 1.29 is 19.0 Å². The van der Waals surface area contributed by atoms with Crippen LogP contribution in [-0.4, -0.2) is 68.5 Å². The number of carbonyl (C=O) groups excluding carboxylic acids is 1. The molecule has 0 bridgehead atoms. The van der Waals surface area contributed by atoms with E-state index in [4.69, 9.17) is 14.2 Å². The molecule has 0 aromatic heterocycles. The zero-order valence-corrected chi connectivity index (χ0v) is 20.3. The normalized spacial score (nSPS) is 42.6. The Morgan fingerprint density at radius 3 is 2.85 bits per heavy atom. The minimum Gasteiger partial charge on any atom is -0.497 e. The van der Waals surface area contributed by atoms with Crippen LogP contribution in [0.5, 0.6) is 5.75 Å². The summed E-state index contributed by atoms with van der Waals surface area (Å²) in [6.45, 7) is 9.35. The zero-order valence-electron chi connectivity index (χ0n) is 20.3. The molecule has 5 fully saturated rings. The van der Waals surface area contributed by atoms with Crippen LogP contribution in [0.25, 0.3) is 0 Å². The molecule has 1 aromatic rings. The van der Waals surface area contributed by atoms with Crippen LogP contribution in [0, 0.1) is 23.2 Å². The number of rotatable bonds is 4. The Labute approximate surface area is 197 Å². The largest absolute Gasteiger partial charge is 0.497 e. The number of anilines is 1. The van der Waals surface area contributed by atoms with Crippen molar-refractivity contribution in [1.29, 1.82) is 0 Å². The highest BCUT2D eigenvalue weighted by Crippen LogP contribution is 2.62. The van der Waals surface area contributed by atoms with Crippen LogP contribution in [0.2, 0.25) is 0 Å². The molecule has 2 saturated carbocycles. The second kappa shape index (κ2) is 7.88. The summed E-state index contributed by atoms with van der Waals surface area (Å²) < 4.78 is 17.5. The summed E-state index contributed by atoms with van der Waals surface area (Å²) in [7, 11) is 1.72. The van der Waals surface area contributed by atoms with Crippen molar-refractivity contribution in [2.75, 3.05) is 44.8 Å². The van der Waals surface area contributed by atoms with Gasteiger partial charge in [0, 0.05) is 49.9 Å². The van der Waals surface area contributed by atoms with Gasteiger partial charge in [0.25, 0.3) is 0 Å². The average molecular weight is 455 g/mol. The molecule has 2 aliphatic carbocycles. The summed E-state index contributed by atoms with van der Waals surface area (Å²) in [5.41, 5.74) is 1.59. The predicted octanol–water partition coefficient (Wildman–Crippen LogP) is 3.73. The third-order valence-corrected chi connectivity index (χ3v) is 9.63. The van der Waals surface area contributed by atoms with Gasteiger partial charge in [0.15, 0.2) is 0 Å². The molecule has 6 nitrogen and oxygen atoms in total. The number of hydrogen-bond acceptors (Lipinski definition) is 6. The first-order chi connectivity index (χ1) is 15.9. The minimum absolute atomic E-state index is 0.00726. The Bertz CT molecular complexity index is 917. The van der Waals surface area contributed by atoms with Crippen LogP contribution >= 0.6 is 0 Å². The molecule has 7 atom stereocenters. The number of hydrogen-bond donors (Lipinski definition) is 0. The van der Waals surface area contributed by atoms with E-state index in [0.29, 0.717) is 17.9 Å². The fraction of sp³-hybridized carbons (Fsp3) is 0.741. The van der Waals surface area contributed by atoms with Gasteiger partial charge < -0.3 is 19.1 Å². The average Bonchev–Trinajstić information content (AvgIpc) is 3.50. The first-order valence-corrected chi connectivity index (χ1v) is 12.9. The molecule has 180 valence electrons. The topological polar surface area (TPSA) is 54.5 Å². The Balaban J connectivity index is 1.13. The van der Waals surface area contributed by atoms with E-state index in [2.05, 4.69) is 41.8 Å². The lowest BCUT2D eigenvalue weighted by Crippen LogP contribution is -2.54. The van der Waals surface area contributed by atoms with E-state index in [-0.39, 0.29) is 29.0 Å². The van der Waals surface area contributed by atoms with Crippen molar-refractivity contribution in [3.63, 3.8) is 0 Å². The van der Waals surface area contributed by atoms with Crippen LogP contribution in [0.1, 0.15) is 46.0 Å². The summed E-state index contributed by atoms with van der Waals surface area (Å²) in [5, 5.41) is 0. The van der Waals surface area contributed by atoms with Crippen LogP contribution in [0.3, 0.4) is 0 Å². The van der Waals surface area contributed by atoms with E-state index < -0.39 is 0 Å². The molecule has 3 aliphatic heterocycles. The molecule has 1 spiro atoms. The Hall–Kier alpha value is -1.79. The number of piperazine rings is 1. The Morgan fingerprint density at radius 1 is 1.24 bits per heavy atom. The molecule has 0 amide bonds. The van der Waals surface area contributed by atoms with Crippen molar-refractivity contribution in [2.45, 2.75) is 63.7 Å². The van der Waals surface area contributed by atoms with Crippen molar-refractivity contribution in [2.24, 2.45) is 23.2 Å². The van der Waals surface area contributed by atoms with Crippen LogP contribution in [0.15, 0.2) is 24.3 Å². The van der Waals surface area contributed by atoms with Crippen LogP contribution in [-0.2, 0) is 14.3 Å². The van der Waals surface area contributed by atoms with Crippen LogP contribution in [0.4, 0.5) is 5.69 Å². The number of carbonyl (C=O) groups is 1. The molecular weight excluding hydrogens is 416 g/mol. The van der Waals surface area contributed by atoms with E-state index >= 15 is 0 Å². The van der Waals surface area contributed by atoms with E-state index in [0.717, 1.165) is 51.4 Å².